The quantitative estimate of drug-likeness (QED) is 0.835. The summed E-state index contributed by atoms with van der Waals surface area (Å²) in [7, 11) is 2.68. The molecule has 0 fully saturated rings. The molecule has 0 radical (unpaired) electrons. The maximum Gasteiger partial charge on any atom is 0.341 e. The largest absolute Gasteiger partial charge is 0.481 e. The van der Waals surface area contributed by atoms with Crippen molar-refractivity contribution in [3.8, 4) is 5.88 Å². The number of hydrogen-bond donors (Lipinski definition) is 1. The number of anilines is 1. The van der Waals surface area contributed by atoms with Crippen LogP contribution in [-0.2, 0) is 4.74 Å². The van der Waals surface area contributed by atoms with Crippen LogP contribution in [0.15, 0.2) is 34.9 Å². The minimum absolute atomic E-state index is 0.0398. The molecule has 0 unspecified atom stereocenters. The fraction of sp³-hybridized carbons (Fsp3) is 0.143. The van der Waals surface area contributed by atoms with Crippen molar-refractivity contribution in [1.82, 2.24) is 9.97 Å². The van der Waals surface area contributed by atoms with Crippen molar-refractivity contribution in [3.63, 3.8) is 0 Å². The first-order valence-electron chi connectivity index (χ1n) is 6.11. The molecule has 0 bridgehead atoms. The van der Waals surface area contributed by atoms with Crippen molar-refractivity contribution in [2.45, 2.75) is 0 Å². The summed E-state index contributed by atoms with van der Waals surface area (Å²) in [6, 6.07) is 6.20. The fourth-order valence-electron chi connectivity index (χ4n) is 1.63. The molecule has 7 nitrogen and oxygen atoms in total. The van der Waals surface area contributed by atoms with Crippen LogP contribution in [-0.4, -0.2) is 36.1 Å². The Balaban J connectivity index is 2.34. The predicted octanol–water partition coefficient (Wildman–Crippen LogP) is 2.29. The van der Waals surface area contributed by atoms with Crippen LogP contribution in [0.5, 0.6) is 5.88 Å². The Morgan fingerprint density at radius 3 is 2.64 bits per heavy atom. The van der Waals surface area contributed by atoms with Gasteiger partial charge in [-0.3, -0.25) is 9.78 Å². The predicted molar refractivity (Wildman–Crippen MR) is 82.0 cm³/mol. The standard InChI is InChI=1S/C14H12BrN3O4/c1-21-11-4-3-9(14(20)22-2)12(17-11)18-13(19)10-7-8(15)5-6-16-10/h3-7H,1-2H3,(H,17,18,19). The lowest BCUT2D eigenvalue weighted by Gasteiger charge is -2.10. The van der Waals surface area contributed by atoms with E-state index in [1.807, 2.05) is 0 Å². The van der Waals surface area contributed by atoms with Crippen LogP contribution in [0.3, 0.4) is 0 Å². The van der Waals surface area contributed by atoms with Crippen LogP contribution in [0.25, 0.3) is 0 Å². The van der Waals surface area contributed by atoms with E-state index in [1.165, 1.54) is 32.5 Å². The van der Waals surface area contributed by atoms with Gasteiger partial charge in [-0.2, -0.15) is 4.98 Å². The van der Waals surface area contributed by atoms with Crippen LogP contribution in [0, 0.1) is 0 Å². The Labute approximate surface area is 134 Å². The number of esters is 1. The van der Waals surface area contributed by atoms with E-state index in [1.54, 1.807) is 12.1 Å². The SMILES string of the molecule is COC(=O)c1ccc(OC)nc1NC(=O)c1cc(Br)ccn1. The topological polar surface area (TPSA) is 90.4 Å². The molecule has 1 N–H and O–H groups in total. The zero-order chi connectivity index (χ0) is 16.1. The molecule has 22 heavy (non-hydrogen) atoms. The van der Waals surface area contributed by atoms with Gasteiger partial charge < -0.3 is 14.8 Å². The van der Waals surface area contributed by atoms with E-state index in [2.05, 4.69) is 36.0 Å². The van der Waals surface area contributed by atoms with Gasteiger partial charge in [-0.1, -0.05) is 15.9 Å². The fourth-order valence-corrected chi connectivity index (χ4v) is 1.96. The van der Waals surface area contributed by atoms with Crippen molar-refractivity contribution in [2.75, 3.05) is 19.5 Å². The summed E-state index contributed by atoms with van der Waals surface area (Å²) >= 11 is 3.26. The number of ether oxygens (including phenoxy) is 2. The molecule has 0 aliphatic carbocycles. The monoisotopic (exact) mass is 365 g/mol. The number of carbonyl (C=O) groups is 2. The first-order chi connectivity index (χ1) is 10.5. The lowest BCUT2D eigenvalue weighted by molar-refractivity contribution is 0.0601. The highest BCUT2D eigenvalue weighted by Gasteiger charge is 2.18. The van der Waals surface area contributed by atoms with Crippen LogP contribution >= 0.6 is 15.9 Å². The van der Waals surface area contributed by atoms with E-state index in [0.717, 1.165) is 0 Å². The summed E-state index contributed by atoms with van der Waals surface area (Å²) in [5.74, 6) is -0.831. The highest BCUT2D eigenvalue weighted by Crippen LogP contribution is 2.19. The molecule has 0 saturated carbocycles. The molecule has 2 rings (SSSR count). The zero-order valence-corrected chi connectivity index (χ0v) is 13.4. The number of halogens is 1. The Hall–Kier alpha value is -2.48. The van der Waals surface area contributed by atoms with Gasteiger partial charge in [0.05, 0.1) is 14.2 Å². The van der Waals surface area contributed by atoms with Gasteiger partial charge in [-0.25, -0.2) is 4.79 Å². The summed E-state index contributed by atoms with van der Waals surface area (Å²) in [6.45, 7) is 0. The molecule has 0 atom stereocenters. The lowest BCUT2D eigenvalue weighted by Crippen LogP contribution is -2.18. The van der Waals surface area contributed by atoms with Gasteiger partial charge in [0.25, 0.3) is 5.91 Å². The molecular weight excluding hydrogens is 354 g/mol. The number of pyridine rings is 2. The van der Waals surface area contributed by atoms with Gasteiger partial charge in [-0.05, 0) is 18.2 Å². The van der Waals surface area contributed by atoms with Crippen molar-refractivity contribution < 1.29 is 19.1 Å². The molecule has 0 aromatic carbocycles. The molecule has 2 aromatic heterocycles. The number of methoxy groups -OCH3 is 2. The molecule has 0 aliphatic heterocycles. The van der Waals surface area contributed by atoms with Crippen LogP contribution in [0.2, 0.25) is 0 Å². The minimum Gasteiger partial charge on any atom is -0.481 e. The maximum absolute atomic E-state index is 12.2. The highest BCUT2D eigenvalue weighted by atomic mass is 79.9. The van der Waals surface area contributed by atoms with Gasteiger partial charge in [0, 0.05) is 16.7 Å². The van der Waals surface area contributed by atoms with Gasteiger partial charge in [0.15, 0.2) is 5.82 Å². The molecule has 1 amide bonds. The molecule has 0 aliphatic rings. The van der Waals surface area contributed by atoms with Crippen molar-refractivity contribution in [2.24, 2.45) is 0 Å². The van der Waals surface area contributed by atoms with Gasteiger partial charge >= 0.3 is 5.97 Å². The number of rotatable bonds is 4. The van der Waals surface area contributed by atoms with E-state index in [9.17, 15) is 9.59 Å². The molecular formula is C14H12BrN3O4. The third kappa shape index (κ3) is 3.59. The Morgan fingerprint density at radius 2 is 2.00 bits per heavy atom. The third-order valence-corrected chi connectivity index (χ3v) is 3.16. The molecule has 0 saturated heterocycles. The summed E-state index contributed by atoms with van der Waals surface area (Å²) < 4.78 is 10.4. The normalized spacial score (nSPS) is 9.95. The number of carbonyl (C=O) groups excluding carboxylic acids is 2. The number of nitrogens with one attached hydrogen (secondary N) is 1. The average Bonchev–Trinajstić information content (AvgIpc) is 2.54. The van der Waals surface area contributed by atoms with Gasteiger partial charge in [0.2, 0.25) is 5.88 Å². The summed E-state index contributed by atoms with van der Waals surface area (Å²) in [6.07, 6.45) is 1.49. The molecule has 0 spiro atoms. The first kappa shape index (κ1) is 15.9. The third-order valence-electron chi connectivity index (χ3n) is 2.67. The second-order valence-electron chi connectivity index (χ2n) is 4.05. The van der Waals surface area contributed by atoms with Crippen molar-refractivity contribution in [3.05, 3.63) is 46.2 Å². The van der Waals surface area contributed by atoms with Gasteiger partial charge in [0.1, 0.15) is 11.3 Å². The van der Waals surface area contributed by atoms with E-state index < -0.39 is 11.9 Å². The lowest BCUT2D eigenvalue weighted by atomic mass is 10.2. The molecule has 8 heteroatoms. The number of nitrogens with zero attached hydrogens (tertiary/aromatic N) is 2. The maximum atomic E-state index is 12.2. The van der Waals surface area contributed by atoms with E-state index in [-0.39, 0.29) is 23.0 Å². The Morgan fingerprint density at radius 1 is 1.23 bits per heavy atom. The van der Waals surface area contributed by atoms with Gasteiger partial charge in [-0.15, -0.1) is 0 Å². The van der Waals surface area contributed by atoms with E-state index in [4.69, 9.17) is 4.74 Å². The second kappa shape index (κ2) is 6.99. The molecule has 2 heterocycles. The van der Waals surface area contributed by atoms with Crippen LogP contribution in [0.4, 0.5) is 5.82 Å². The second-order valence-corrected chi connectivity index (χ2v) is 4.97. The number of amides is 1. The minimum atomic E-state index is -0.618. The summed E-state index contributed by atoms with van der Waals surface area (Å²) in [4.78, 5) is 31.9. The Bertz CT molecular complexity index is 721. The zero-order valence-electron chi connectivity index (χ0n) is 11.8. The van der Waals surface area contributed by atoms with E-state index in [0.29, 0.717) is 4.47 Å². The molecule has 114 valence electrons. The smallest absolute Gasteiger partial charge is 0.341 e. The van der Waals surface area contributed by atoms with Crippen molar-refractivity contribution >= 4 is 33.6 Å². The van der Waals surface area contributed by atoms with Crippen molar-refractivity contribution in [1.29, 1.82) is 0 Å². The highest BCUT2D eigenvalue weighted by molar-refractivity contribution is 9.10. The summed E-state index contributed by atoms with van der Waals surface area (Å²) in [5, 5.41) is 2.53. The average molecular weight is 366 g/mol. The Kier molecular flexibility index (Phi) is 5.05. The first-order valence-corrected chi connectivity index (χ1v) is 6.90. The summed E-state index contributed by atoms with van der Waals surface area (Å²) in [5.41, 5.74) is 0.293. The number of hydrogen-bond acceptors (Lipinski definition) is 6. The van der Waals surface area contributed by atoms with E-state index >= 15 is 0 Å². The van der Waals surface area contributed by atoms with Crippen LogP contribution in [0.1, 0.15) is 20.8 Å². The number of aromatic nitrogens is 2. The van der Waals surface area contributed by atoms with Crippen LogP contribution < -0.4 is 10.1 Å². The molecule has 2 aromatic rings.